The van der Waals surface area contributed by atoms with E-state index in [-0.39, 0.29) is 11.5 Å². The first-order valence-electron chi connectivity index (χ1n) is 3.85. The molecule has 0 fully saturated rings. The van der Waals surface area contributed by atoms with Gasteiger partial charge in [0.15, 0.2) is 0 Å². The molecule has 0 aromatic rings. The molecule has 0 saturated heterocycles. The molecule has 0 heterocycles. The van der Waals surface area contributed by atoms with Crippen molar-refractivity contribution >= 4 is 11.5 Å². The van der Waals surface area contributed by atoms with E-state index in [1.54, 1.807) is 6.92 Å². The molecule has 3 nitrogen and oxygen atoms in total. The molecule has 0 aliphatic heterocycles. The summed E-state index contributed by atoms with van der Waals surface area (Å²) in [6, 6.07) is 0. The SMILES string of the molecule is CCC(=[N+]=[N-])C(=O)CC(C)C. The molecule has 0 atom stereocenters. The molecular weight excluding hydrogens is 140 g/mol. The molecule has 0 aromatic heterocycles. The van der Waals surface area contributed by atoms with Crippen LogP contribution in [0.3, 0.4) is 0 Å². The van der Waals surface area contributed by atoms with Gasteiger partial charge in [-0.1, -0.05) is 20.8 Å². The lowest BCUT2D eigenvalue weighted by atomic mass is 10.0. The third kappa shape index (κ3) is 3.68. The Labute approximate surface area is 67.0 Å². The summed E-state index contributed by atoms with van der Waals surface area (Å²) in [5, 5.41) is 0. The Balaban J connectivity index is 4.13. The van der Waals surface area contributed by atoms with Gasteiger partial charge in [0.05, 0.1) is 6.42 Å². The molecule has 3 heteroatoms. The van der Waals surface area contributed by atoms with Gasteiger partial charge in [-0.05, 0) is 5.92 Å². The van der Waals surface area contributed by atoms with Crippen molar-refractivity contribution in [2.24, 2.45) is 5.92 Å². The summed E-state index contributed by atoms with van der Waals surface area (Å²) in [5.41, 5.74) is 8.65. The van der Waals surface area contributed by atoms with Gasteiger partial charge in [0.1, 0.15) is 0 Å². The minimum absolute atomic E-state index is 0.0509. The Bertz CT molecular complexity index is 190. The number of hydrogen-bond donors (Lipinski definition) is 0. The van der Waals surface area contributed by atoms with Crippen LogP contribution in [0.15, 0.2) is 0 Å². The lowest BCUT2D eigenvalue weighted by Gasteiger charge is -1.97. The first kappa shape index (κ1) is 10.0. The fourth-order valence-corrected chi connectivity index (χ4v) is 0.812. The van der Waals surface area contributed by atoms with Crippen LogP contribution in [0.5, 0.6) is 0 Å². The number of carbonyl (C=O) groups excluding carboxylic acids is 1. The zero-order valence-corrected chi connectivity index (χ0v) is 7.29. The van der Waals surface area contributed by atoms with Gasteiger partial charge in [0.25, 0.3) is 0 Å². The first-order valence-corrected chi connectivity index (χ1v) is 3.85. The van der Waals surface area contributed by atoms with E-state index in [0.29, 0.717) is 18.8 Å². The maximum absolute atomic E-state index is 11.1. The van der Waals surface area contributed by atoms with E-state index in [0.717, 1.165) is 0 Å². The lowest BCUT2D eigenvalue weighted by molar-refractivity contribution is -0.118. The molecule has 0 aliphatic rings. The summed E-state index contributed by atoms with van der Waals surface area (Å²) >= 11 is 0. The van der Waals surface area contributed by atoms with Gasteiger partial charge >= 0.3 is 5.71 Å². The second-order valence-electron chi connectivity index (χ2n) is 2.92. The Morgan fingerprint density at radius 2 is 2.09 bits per heavy atom. The largest absolute Gasteiger partial charge is 0.361 e. The van der Waals surface area contributed by atoms with Crippen LogP contribution in [0.2, 0.25) is 0 Å². The second-order valence-corrected chi connectivity index (χ2v) is 2.92. The topological polar surface area (TPSA) is 53.5 Å². The Kier molecular flexibility index (Phi) is 4.39. The normalized spacial score (nSPS) is 9.45. The summed E-state index contributed by atoms with van der Waals surface area (Å²) in [6.07, 6.45) is 0.968. The molecule has 0 aliphatic carbocycles. The number of rotatable bonds is 4. The molecule has 0 unspecified atom stereocenters. The molecule has 0 radical (unpaired) electrons. The maximum Gasteiger partial charge on any atom is 0.334 e. The van der Waals surface area contributed by atoms with E-state index in [1.807, 2.05) is 13.8 Å². The molecule has 0 amide bonds. The zero-order chi connectivity index (χ0) is 8.85. The summed E-state index contributed by atoms with van der Waals surface area (Å²) < 4.78 is 0. The van der Waals surface area contributed by atoms with E-state index >= 15 is 0 Å². The molecule has 0 saturated carbocycles. The smallest absolute Gasteiger partial charge is 0.334 e. The van der Waals surface area contributed by atoms with Crippen LogP contribution in [-0.4, -0.2) is 16.3 Å². The minimum Gasteiger partial charge on any atom is -0.361 e. The first-order chi connectivity index (χ1) is 5.11. The van der Waals surface area contributed by atoms with Crippen molar-refractivity contribution in [1.82, 2.24) is 0 Å². The predicted octanol–water partition coefficient (Wildman–Crippen LogP) is 1.68. The number of Topliss-reactive ketones (excluding diaryl/α,β-unsaturated/α-hetero) is 1. The van der Waals surface area contributed by atoms with Crippen molar-refractivity contribution in [2.45, 2.75) is 33.6 Å². The van der Waals surface area contributed by atoms with Crippen LogP contribution in [-0.2, 0) is 4.79 Å². The monoisotopic (exact) mass is 154 g/mol. The molecule has 0 N–H and O–H groups in total. The summed E-state index contributed by atoms with van der Waals surface area (Å²) in [7, 11) is 0. The van der Waals surface area contributed by atoms with Gasteiger partial charge in [-0.25, -0.2) is 0 Å². The molecule has 0 bridgehead atoms. The Morgan fingerprint density at radius 3 is 2.36 bits per heavy atom. The van der Waals surface area contributed by atoms with Crippen molar-refractivity contribution in [2.75, 3.05) is 0 Å². The second kappa shape index (κ2) is 4.80. The highest BCUT2D eigenvalue weighted by atomic mass is 16.1. The molecule has 0 aromatic carbocycles. The van der Waals surface area contributed by atoms with Gasteiger partial charge in [0, 0.05) is 6.42 Å². The maximum atomic E-state index is 11.1. The summed E-state index contributed by atoms with van der Waals surface area (Å²) in [5.74, 6) is 0.274. The molecule has 0 spiro atoms. The third-order valence-corrected chi connectivity index (χ3v) is 1.37. The van der Waals surface area contributed by atoms with Crippen molar-refractivity contribution in [3.8, 4) is 0 Å². The van der Waals surface area contributed by atoms with Crippen LogP contribution < -0.4 is 0 Å². The summed E-state index contributed by atoms with van der Waals surface area (Å²) in [4.78, 5) is 14.1. The van der Waals surface area contributed by atoms with Crippen LogP contribution in [0.1, 0.15) is 33.6 Å². The Morgan fingerprint density at radius 1 is 1.55 bits per heavy atom. The number of ketones is 1. The Hall–Kier alpha value is -0.950. The van der Waals surface area contributed by atoms with Crippen LogP contribution in [0.4, 0.5) is 0 Å². The van der Waals surface area contributed by atoms with Crippen LogP contribution in [0.25, 0.3) is 5.53 Å². The van der Waals surface area contributed by atoms with E-state index in [1.165, 1.54) is 0 Å². The van der Waals surface area contributed by atoms with Crippen molar-refractivity contribution in [1.29, 1.82) is 0 Å². The molecule has 62 valence electrons. The van der Waals surface area contributed by atoms with Crippen LogP contribution in [0, 0.1) is 5.92 Å². The van der Waals surface area contributed by atoms with E-state index < -0.39 is 0 Å². The highest BCUT2D eigenvalue weighted by Crippen LogP contribution is 2.01. The van der Waals surface area contributed by atoms with E-state index in [4.69, 9.17) is 5.53 Å². The fraction of sp³-hybridized carbons (Fsp3) is 0.750. The predicted molar refractivity (Wildman–Crippen MR) is 43.4 cm³/mol. The highest BCUT2D eigenvalue weighted by Gasteiger charge is 2.17. The molecular formula is C8H14N2O. The lowest BCUT2D eigenvalue weighted by Crippen LogP contribution is -2.15. The number of nitrogens with zero attached hydrogens (tertiary/aromatic N) is 2. The van der Waals surface area contributed by atoms with Gasteiger partial charge in [-0.2, -0.15) is 4.79 Å². The fourth-order valence-electron chi connectivity index (χ4n) is 0.812. The zero-order valence-electron chi connectivity index (χ0n) is 7.29. The van der Waals surface area contributed by atoms with Crippen molar-refractivity contribution in [3.63, 3.8) is 0 Å². The average molecular weight is 154 g/mol. The van der Waals surface area contributed by atoms with Crippen molar-refractivity contribution in [3.05, 3.63) is 5.53 Å². The van der Waals surface area contributed by atoms with Gasteiger partial charge in [0.2, 0.25) is 5.78 Å². The highest BCUT2D eigenvalue weighted by molar-refractivity contribution is 6.37. The van der Waals surface area contributed by atoms with Gasteiger partial charge in [-0.15, -0.1) is 0 Å². The molecule has 0 rings (SSSR count). The van der Waals surface area contributed by atoms with Gasteiger partial charge < -0.3 is 5.53 Å². The molecule has 11 heavy (non-hydrogen) atoms. The average Bonchev–Trinajstić information content (AvgIpc) is 1.88. The standard InChI is InChI=1S/C8H14N2O/c1-4-7(10-9)8(11)5-6(2)3/h6H,4-5H2,1-3H3. The minimum atomic E-state index is -0.0509. The van der Waals surface area contributed by atoms with Crippen LogP contribution >= 0.6 is 0 Å². The van der Waals surface area contributed by atoms with E-state index in [2.05, 4.69) is 4.79 Å². The number of carbonyl (C=O) groups is 1. The van der Waals surface area contributed by atoms with Crippen molar-refractivity contribution < 1.29 is 9.58 Å². The number of hydrogen-bond acceptors (Lipinski definition) is 1. The third-order valence-electron chi connectivity index (χ3n) is 1.37. The summed E-state index contributed by atoms with van der Waals surface area (Å²) in [6.45, 7) is 5.72. The quantitative estimate of drug-likeness (QED) is 0.345. The van der Waals surface area contributed by atoms with E-state index in [9.17, 15) is 4.79 Å². The van der Waals surface area contributed by atoms with Gasteiger partial charge in [-0.3, -0.25) is 4.79 Å².